The Labute approximate surface area is 114 Å². The summed E-state index contributed by atoms with van der Waals surface area (Å²) in [6.07, 6.45) is 0. The predicted molar refractivity (Wildman–Crippen MR) is 72.2 cm³/mol. The number of carbonyl (C=O) groups is 1. The van der Waals surface area contributed by atoms with Gasteiger partial charge in [0.25, 0.3) is 0 Å². The standard InChI is InChI=1S/C15H11FN2O2/c16-11-5-3-4-10(8-11)9-18-13-7-2-1-6-12(13)14(17-18)15(19)20/h1-8H,9H2,(H,19,20). The van der Waals surface area contributed by atoms with Crippen LogP contribution in [0.3, 0.4) is 0 Å². The number of rotatable bonds is 3. The van der Waals surface area contributed by atoms with Gasteiger partial charge in [-0.25, -0.2) is 9.18 Å². The van der Waals surface area contributed by atoms with Crippen LogP contribution in [0.15, 0.2) is 48.5 Å². The Balaban J connectivity index is 2.10. The van der Waals surface area contributed by atoms with Crippen LogP contribution in [0, 0.1) is 5.82 Å². The van der Waals surface area contributed by atoms with Gasteiger partial charge in [-0.3, -0.25) is 4.68 Å². The molecule has 1 heterocycles. The van der Waals surface area contributed by atoms with Gasteiger partial charge in [-0.05, 0) is 23.8 Å². The highest BCUT2D eigenvalue weighted by Gasteiger charge is 2.15. The molecule has 0 fully saturated rings. The van der Waals surface area contributed by atoms with E-state index >= 15 is 0 Å². The molecule has 0 aliphatic rings. The summed E-state index contributed by atoms with van der Waals surface area (Å²) >= 11 is 0. The van der Waals surface area contributed by atoms with Crippen molar-refractivity contribution in [2.45, 2.75) is 6.54 Å². The molecule has 20 heavy (non-hydrogen) atoms. The molecule has 0 saturated heterocycles. The molecule has 0 aliphatic heterocycles. The fourth-order valence-electron chi connectivity index (χ4n) is 2.21. The summed E-state index contributed by atoms with van der Waals surface area (Å²) in [6.45, 7) is 0.325. The molecule has 5 heteroatoms. The first-order valence-electron chi connectivity index (χ1n) is 6.08. The third-order valence-corrected chi connectivity index (χ3v) is 3.08. The van der Waals surface area contributed by atoms with Crippen molar-refractivity contribution in [3.8, 4) is 0 Å². The number of hydrogen-bond donors (Lipinski definition) is 1. The number of carboxylic acids is 1. The van der Waals surface area contributed by atoms with E-state index in [1.807, 2.05) is 6.07 Å². The lowest BCUT2D eigenvalue weighted by molar-refractivity contribution is 0.0691. The van der Waals surface area contributed by atoms with Crippen molar-refractivity contribution in [2.75, 3.05) is 0 Å². The van der Waals surface area contributed by atoms with Gasteiger partial charge in [0.05, 0.1) is 12.1 Å². The Morgan fingerprint density at radius 1 is 1.20 bits per heavy atom. The van der Waals surface area contributed by atoms with E-state index in [1.165, 1.54) is 12.1 Å². The highest BCUT2D eigenvalue weighted by atomic mass is 19.1. The minimum atomic E-state index is -1.07. The van der Waals surface area contributed by atoms with Gasteiger partial charge in [0, 0.05) is 5.39 Å². The fourth-order valence-corrected chi connectivity index (χ4v) is 2.21. The average molecular weight is 270 g/mol. The summed E-state index contributed by atoms with van der Waals surface area (Å²) in [4.78, 5) is 11.2. The molecule has 0 radical (unpaired) electrons. The number of hydrogen-bond acceptors (Lipinski definition) is 2. The summed E-state index contributed by atoms with van der Waals surface area (Å²) in [6, 6.07) is 13.3. The van der Waals surface area contributed by atoms with Crippen LogP contribution in [0.2, 0.25) is 0 Å². The third-order valence-electron chi connectivity index (χ3n) is 3.08. The van der Waals surface area contributed by atoms with Crippen LogP contribution in [0.4, 0.5) is 4.39 Å². The lowest BCUT2D eigenvalue weighted by Crippen LogP contribution is -2.04. The smallest absolute Gasteiger partial charge is 0.357 e. The molecule has 0 bridgehead atoms. The van der Waals surface area contributed by atoms with E-state index in [9.17, 15) is 14.3 Å². The highest BCUT2D eigenvalue weighted by molar-refractivity contribution is 6.01. The minimum absolute atomic E-state index is 0.0111. The molecule has 3 aromatic rings. The van der Waals surface area contributed by atoms with Crippen molar-refractivity contribution >= 4 is 16.9 Å². The summed E-state index contributed by atoms with van der Waals surface area (Å²) in [5.74, 6) is -1.39. The maximum atomic E-state index is 13.2. The Morgan fingerprint density at radius 2 is 2.00 bits per heavy atom. The van der Waals surface area contributed by atoms with Crippen LogP contribution in [0.5, 0.6) is 0 Å². The molecule has 0 saturated carbocycles. The molecule has 1 N–H and O–H groups in total. The lowest BCUT2D eigenvalue weighted by Gasteiger charge is -2.03. The van der Waals surface area contributed by atoms with Crippen molar-refractivity contribution in [1.29, 1.82) is 0 Å². The zero-order valence-corrected chi connectivity index (χ0v) is 10.5. The average Bonchev–Trinajstić information content (AvgIpc) is 2.78. The van der Waals surface area contributed by atoms with E-state index in [4.69, 9.17) is 0 Å². The molecule has 0 amide bonds. The minimum Gasteiger partial charge on any atom is -0.476 e. The molecule has 2 aromatic carbocycles. The van der Waals surface area contributed by atoms with Crippen molar-refractivity contribution in [1.82, 2.24) is 9.78 Å². The van der Waals surface area contributed by atoms with E-state index in [0.717, 1.165) is 5.56 Å². The van der Waals surface area contributed by atoms with Gasteiger partial charge in [-0.2, -0.15) is 5.10 Å². The first kappa shape index (κ1) is 12.3. The molecule has 0 atom stereocenters. The molecule has 3 rings (SSSR count). The van der Waals surface area contributed by atoms with Crippen LogP contribution in [0.25, 0.3) is 10.9 Å². The van der Waals surface area contributed by atoms with Crippen LogP contribution >= 0.6 is 0 Å². The summed E-state index contributed by atoms with van der Waals surface area (Å²) in [5.41, 5.74) is 1.46. The Morgan fingerprint density at radius 3 is 2.75 bits per heavy atom. The Hall–Kier alpha value is -2.69. The summed E-state index contributed by atoms with van der Waals surface area (Å²) < 4.78 is 14.8. The van der Waals surface area contributed by atoms with Crippen molar-refractivity contribution in [2.24, 2.45) is 0 Å². The van der Waals surface area contributed by atoms with Crippen LogP contribution in [-0.4, -0.2) is 20.9 Å². The molecular weight excluding hydrogens is 259 g/mol. The highest BCUT2D eigenvalue weighted by Crippen LogP contribution is 2.19. The number of nitrogens with zero attached hydrogens (tertiary/aromatic N) is 2. The topological polar surface area (TPSA) is 55.1 Å². The van der Waals surface area contributed by atoms with Gasteiger partial charge in [0.1, 0.15) is 5.82 Å². The maximum absolute atomic E-state index is 13.2. The van der Waals surface area contributed by atoms with E-state index in [-0.39, 0.29) is 11.5 Å². The number of benzene rings is 2. The Bertz CT molecular complexity index is 795. The second kappa shape index (κ2) is 4.77. The fraction of sp³-hybridized carbons (Fsp3) is 0.0667. The lowest BCUT2D eigenvalue weighted by atomic mass is 10.2. The third kappa shape index (κ3) is 2.14. The number of halogens is 1. The first-order valence-corrected chi connectivity index (χ1v) is 6.08. The van der Waals surface area contributed by atoms with Crippen LogP contribution in [-0.2, 0) is 6.54 Å². The normalized spacial score (nSPS) is 10.8. The molecule has 0 aliphatic carbocycles. The number of carboxylic acid groups (broad SMARTS) is 1. The SMILES string of the molecule is O=C(O)c1nn(Cc2cccc(F)c2)c2ccccc12. The van der Waals surface area contributed by atoms with E-state index < -0.39 is 5.97 Å². The number of fused-ring (bicyclic) bond motifs is 1. The molecule has 100 valence electrons. The predicted octanol–water partition coefficient (Wildman–Crippen LogP) is 2.92. The largest absolute Gasteiger partial charge is 0.476 e. The molecule has 1 aromatic heterocycles. The molecule has 4 nitrogen and oxygen atoms in total. The van der Waals surface area contributed by atoms with Gasteiger partial charge in [-0.15, -0.1) is 0 Å². The van der Waals surface area contributed by atoms with Crippen molar-refractivity contribution < 1.29 is 14.3 Å². The molecular formula is C15H11FN2O2. The monoisotopic (exact) mass is 270 g/mol. The second-order valence-corrected chi connectivity index (χ2v) is 4.46. The number of para-hydroxylation sites is 1. The van der Waals surface area contributed by atoms with E-state index in [1.54, 1.807) is 35.0 Å². The van der Waals surface area contributed by atoms with Crippen LogP contribution in [0.1, 0.15) is 16.1 Å². The van der Waals surface area contributed by atoms with Gasteiger partial charge < -0.3 is 5.11 Å². The van der Waals surface area contributed by atoms with E-state index in [0.29, 0.717) is 17.4 Å². The quantitative estimate of drug-likeness (QED) is 0.796. The van der Waals surface area contributed by atoms with Gasteiger partial charge in [0.15, 0.2) is 5.69 Å². The maximum Gasteiger partial charge on any atom is 0.357 e. The van der Waals surface area contributed by atoms with Crippen molar-refractivity contribution in [3.05, 3.63) is 65.6 Å². The van der Waals surface area contributed by atoms with Gasteiger partial charge in [-0.1, -0.05) is 30.3 Å². The summed E-state index contributed by atoms with van der Waals surface area (Å²) in [7, 11) is 0. The van der Waals surface area contributed by atoms with E-state index in [2.05, 4.69) is 5.10 Å². The number of aromatic nitrogens is 2. The first-order chi connectivity index (χ1) is 9.65. The number of aromatic carboxylic acids is 1. The zero-order valence-electron chi connectivity index (χ0n) is 10.5. The van der Waals surface area contributed by atoms with Crippen molar-refractivity contribution in [3.63, 3.8) is 0 Å². The summed E-state index contributed by atoms with van der Waals surface area (Å²) in [5, 5.41) is 13.9. The zero-order chi connectivity index (χ0) is 14.1. The Kier molecular flexibility index (Phi) is 2.95. The second-order valence-electron chi connectivity index (χ2n) is 4.46. The molecule has 0 spiro atoms. The van der Waals surface area contributed by atoms with Gasteiger partial charge in [0.2, 0.25) is 0 Å². The molecule has 0 unspecified atom stereocenters. The van der Waals surface area contributed by atoms with Gasteiger partial charge >= 0.3 is 5.97 Å². The van der Waals surface area contributed by atoms with Crippen LogP contribution < -0.4 is 0 Å².